The predicted molar refractivity (Wildman–Crippen MR) is 72.6 cm³/mol. The summed E-state index contributed by atoms with van der Waals surface area (Å²) in [5, 5.41) is 2.38. The number of hydrogen-bond acceptors (Lipinski definition) is 1. The fourth-order valence-electron chi connectivity index (χ4n) is 1.41. The van der Waals surface area contributed by atoms with Crippen LogP contribution >= 0.6 is 24.8 Å². The predicted octanol–water partition coefficient (Wildman–Crippen LogP) is 3.29. The van der Waals surface area contributed by atoms with Crippen LogP contribution in [0.5, 0.6) is 0 Å². The molecule has 0 saturated carbocycles. The summed E-state index contributed by atoms with van der Waals surface area (Å²) >= 11 is 9.25. The minimum Gasteiger partial charge on any atom is -1.00 e. The molecule has 68 valence electrons. The molecule has 0 amide bonds. The van der Waals surface area contributed by atoms with Gasteiger partial charge in [-0.3, -0.25) is 0 Å². The van der Waals surface area contributed by atoms with Crippen LogP contribution in [0.15, 0.2) is 42.5 Å². The van der Waals surface area contributed by atoms with Gasteiger partial charge in [-0.2, -0.15) is 0 Å². The fourth-order valence-corrected chi connectivity index (χ4v) is 1.78. The molecule has 0 radical (unpaired) electrons. The number of fused-ring (bicyclic) bond motifs is 1. The van der Waals surface area contributed by atoms with Gasteiger partial charge in [-0.1, -0.05) is 54.7 Å². The molecule has 0 bridgehead atoms. The topological polar surface area (TPSA) is 0 Å². The van der Waals surface area contributed by atoms with Crippen molar-refractivity contribution in [2.45, 2.75) is 0 Å². The van der Waals surface area contributed by atoms with Crippen molar-refractivity contribution in [3.05, 3.63) is 48.0 Å². The van der Waals surface area contributed by atoms with Gasteiger partial charge in [0.25, 0.3) is 0 Å². The van der Waals surface area contributed by atoms with Gasteiger partial charge in [0.05, 0.1) is 4.20 Å². The van der Waals surface area contributed by atoms with E-state index in [4.69, 9.17) is 12.2 Å². The number of thiol groups is 1. The molecule has 0 nitrogen and oxygen atoms in total. The van der Waals surface area contributed by atoms with E-state index in [0.717, 1.165) is 5.56 Å². The van der Waals surface area contributed by atoms with Crippen LogP contribution in [-0.4, -0.2) is 27.2 Å². The second-order valence-corrected chi connectivity index (χ2v) is 3.99. The van der Waals surface area contributed by atoms with Gasteiger partial charge in [0, 0.05) is 5.56 Å². The van der Waals surface area contributed by atoms with E-state index in [0.29, 0.717) is 4.20 Å². The molecule has 0 fully saturated rings. The van der Waals surface area contributed by atoms with Crippen molar-refractivity contribution < 1.29 is 2.85 Å². The largest absolute Gasteiger partial charge is 2.00 e. The Balaban J connectivity index is 0. The van der Waals surface area contributed by atoms with Gasteiger partial charge in [0.2, 0.25) is 0 Å². The third-order valence-corrected chi connectivity index (χ3v) is 2.48. The zero-order valence-electron chi connectivity index (χ0n) is 9.60. The van der Waals surface area contributed by atoms with E-state index in [2.05, 4.69) is 30.8 Å². The average Bonchev–Trinajstić information content (AvgIpc) is 2.17. The van der Waals surface area contributed by atoms with Crippen LogP contribution in [-0.2, 0) is 0 Å². The van der Waals surface area contributed by atoms with Gasteiger partial charge in [-0.15, -0.1) is 12.6 Å². The Labute approximate surface area is 113 Å². The van der Waals surface area contributed by atoms with Crippen molar-refractivity contribution in [3.63, 3.8) is 0 Å². The van der Waals surface area contributed by atoms with Crippen LogP contribution in [0.1, 0.15) is 8.42 Å². The van der Waals surface area contributed by atoms with E-state index >= 15 is 0 Å². The zero-order chi connectivity index (χ0) is 9.26. The van der Waals surface area contributed by atoms with Crippen molar-refractivity contribution in [3.8, 4) is 0 Å². The number of rotatable bonds is 1. The maximum Gasteiger partial charge on any atom is 2.00 e. The Kier molecular flexibility index (Phi) is 4.38. The van der Waals surface area contributed by atoms with Crippen LogP contribution in [0.2, 0.25) is 0 Å². The van der Waals surface area contributed by atoms with Crippen LogP contribution < -0.4 is 0 Å². The van der Waals surface area contributed by atoms with E-state index < -0.39 is 0 Å². The monoisotopic (exact) mass is 230 g/mol. The minimum absolute atomic E-state index is 0. The molecule has 0 heterocycles. The Morgan fingerprint density at radius 3 is 2.43 bits per heavy atom. The number of benzene rings is 2. The molecule has 0 aliphatic carbocycles. The summed E-state index contributed by atoms with van der Waals surface area (Å²) in [6.07, 6.45) is 0. The van der Waals surface area contributed by atoms with Gasteiger partial charge >= 0.3 is 23.1 Å². The second-order valence-electron chi connectivity index (χ2n) is 2.83. The molecule has 0 aliphatic heterocycles. The first-order valence-electron chi connectivity index (χ1n) is 4.00. The molecule has 3 heteroatoms. The van der Waals surface area contributed by atoms with Crippen molar-refractivity contribution in [1.29, 1.82) is 0 Å². The molecule has 0 unspecified atom stereocenters. The van der Waals surface area contributed by atoms with Crippen molar-refractivity contribution >= 4 is 62.9 Å². The number of hydrogen-bond donors (Lipinski definition) is 1. The molecule has 0 spiro atoms. The molecule has 0 N–H and O–H groups in total. The average molecular weight is 231 g/mol. The molecule has 2 rings (SSSR count). The fraction of sp³-hybridized carbons (Fsp3) is 0. The standard InChI is InChI=1S/C11H8S2.Mg.2H/c12-11(13)10-7-3-5-8-4-1-2-6-9(8)10;;;/h1-7H,(H,12,13);;;/q;+2;2*-1. The van der Waals surface area contributed by atoms with Gasteiger partial charge in [0.1, 0.15) is 0 Å². The first kappa shape index (κ1) is 12.0. The van der Waals surface area contributed by atoms with E-state index in [9.17, 15) is 0 Å². The molecule has 0 saturated heterocycles. The molecular weight excluding hydrogens is 221 g/mol. The molecule has 0 atom stereocenters. The summed E-state index contributed by atoms with van der Waals surface area (Å²) < 4.78 is 0.650. The van der Waals surface area contributed by atoms with Gasteiger partial charge in [0.15, 0.2) is 0 Å². The molecule has 2 aromatic rings. The summed E-state index contributed by atoms with van der Waals surface area (Å²) in [5.41, 5.74) is 1.04. The first-order valence-corrected chi connectivity index (χ1v) is 4.85. The maximum atomic E-state index is 5.05. The smallest absolute Gasteiger partial charge is 1.00 e. The summed E-state index contributed by atoms with van der Waals surface area (Å²) in [5.74, 6) is 0. The summed E-state index contributed by atoms with van der Waals surface area (Å²) in [6, 6.07) is 14.2. The van der Waals surface area contributed by atoms with Crippen molar-refractivity contribution in [2.24, 2.45) is 0 Å². The molecule has 0 aliphatic rings. The summed E-state index contributed by atoms with van der Waals surface area (Å²) in [7, 11) is 0. The summed E-state index contributed by atoms with van der Waals surface area (Å²) in [4.78, 5) is 0. The first-order chi connectivity index (χ1) is 6.29. The van der Waals surface area contributed by atoms with Gasteiger partial charge in [-0.05, 0) is 10.8 Å². The third-order valence-electron chi connectivity index (χ3n) is 2.02. The van der Waals surface area contributed by atoms with Crippen LogP contribution in [0.4, 0.5) is 0 Å². The van der Waals surface area contributed by atoms with Gasteiger partial charge in [-0.25, -0.2) is 0 Å². The van der Waals surface area contributed by atoms with E-state index in [-0.39, 0.29) is 25.9 Å². The maximum absolute atomic E-state index is 5.05. The Morgan fingerprint density at radius 1 is 1.07 bits per heavy atom. The minimum atomic E-state index is 0. The summed E-state index contributed by atoms with van der Waals surface area (Å²) in [6.45, 7) is 0. The Bertz CT molecular complexity index is 469. The van der Waals surface area contributed by atoms with Crippen LogP contribution in [0, 0.1) is 0 Å². The van der Waals surface area contributed by atoms with Crippen LogP contribution in [0.25, 0.3) is 10.8 Å². The quantitative estimate of drug-likeness (QED) is 0.446. The SMILES string of the molecule is S=C(S)c1cccc2ccccc12.[H-].[H-].[Mg+2]. The number of thiocarbonyl (C=S) groups is 1. The van der Waals surface area contributed by atoms with E-state index in [1.807, 2.05) is 24.3 Å². The third kappa shape index (κ3) is 2.28. The zero-order valence-corrected chi connectivity index (χ0v) is 10.7. The molecular formula is C11H10MgS2. The van der Waals surface area contributed by atoms with Crippen molar-refractivity contribution in [1.82, 2.24) is 0 Å². The Morgan fingerprint density at radius 2 is 1.71 bits per heavy atom. The molecule has 0 aromatic heterocycles. The van der Waals surface area contributed by atoms with E-state index in [1.165, 1.54) is 10.8 Å². The van der Waals surface area contributed by atoms with E-state index in [1.54, 1.807) is 0 Å². The molecule has 14 heavy (non-hydrogen) atoms. The normalized spacial score (nSPS) is 9.50. The Hall–Kier alpha value is -0.0938. The second kappa shape index (κ2) is 5.12. The van der Waals surface area contributed by atoms with Crippen molar-refractivity contribution in [2.75, 3.05) is 0 Å². The molecule has 2 aromatic carbocycles. The van der Waals surface area contributed by atoms with Crippen LogP contribution in [0.3, 0.4) is 0 Å². The van der Waals surface area contributed by atoms with Gasteiger partial charge < -0.3 is 2.85 Å².